The predicted octanol–water partition coefficient (Wildman–Crippen LogP) is 2.48. The summed E-state index contributed by atoms with van der Waals surface area (Å²) >= 11 is 0. The summed E-state index contributed by atoms with van der Waals surface area (Å²) in [7, 11) is 0. The molecule has 102 valence electrons. The molecule has 0 saturated carbocycles. The normalized spacial score (nSPS) is 19.1. The van der Waals surface area contributed by atoms with Crippen LogP contribution in [0.1, 0.15) is 24.0 Å². The van der Waals surface area contributed by atoms with E-state index in [0.717, 1.165) is 36.7 Å². The molecule has 0 bridgehead atoms. The standard InChI is InChI=1S/C15H18O4/c16-15(17)8-7-12-3-5-13(6-4-12)10-18-11-14-2-1-9-19-14/h3-8,14H,1-2,9-11H2,(H,16,17). The molecule has 1 atom stereocenters. The zero-order valence-electron chi connectivity index (χ0n) is 10.7. The topological polar surface area (TPSA) is 55.8 Å². The van der Waals surface area contributed by atoms with Crippen LogP contribution in [0.25, 0.3) is 6.08 Å². The van der Waals surface area contributed by atoms with Gasteiger partial charge in [0.05, 0.1) is 19.3 Å². The molecule has 0 radical (unpaired) electrons. The molecule has 1 fully saturated rings. The number of carboxylic acid groups (broad SMARTS) is 1. The Hall–Kier alpha value is -1.65. The molecule has 1 saturated heterocycles. The van der Waals surface area contributed by atoms with Crippen LogP contribution in [0.5, 0.6) is 0 Å². The van der Waals surface area contributed by atoms with Crippen LogP contribution in [0.3, 0.4) is 0 Å². The minimum atomic E-state index is -0.941. The lowest BCUT2D eigenvalue weighted by atomic mass is 10.1. The first-order valence-corrected chi connectivity index (χ1v) is 6.43. The van der Waals surface area contributed by atoms with E-state index >= 15 is 0 Å². The third-order valence-corrected chi connectivity index (χ3v) is 2.99. The van der Waals surface area contributed by atoms with Gasteiger partial charge in [0.2, 0.25) is 0 Å². The maximum Gasteiger partial charge on any atom is 0.328 e. The van der Waals surface area contributed by atoms with Crippen LogP contribution in [0.15, 0.2) is 30.3 Å². The van der Waals surface area contributed by atoms with Crippen molar-refractivity contribution >= 4 is 12.0 Å². The maximum absolute atomic E-state index is 10.4. The highest BCUT2D eigenvalue weighted by molar-refractivity contribution is 5.85. The number of carboxylic acids is 1. The van der Waals surface area contributed by atoms with Gasteiger partial charge in [-0.25, -0.2) is 4.79 Å². The van der Waals surface area contributed by atoms with Crippen LogP contribution in [0, 0.1) is 0 Å². The molecule has 1 aromatic carbocycles. The summed E-state index contributed by atoms with van der Waals surface area (Å²) in [6, 6.07) is 7.64. The highest BCUT2D eigenvalue weighted by Gasteiger charge is 2.14. The van der Waals surface area contributed by atoms with Gasteiger partial charge in [0.1, 0.15) is 0 Å². The van der Waals surface area contributed by atoms with Crippen LogP contribution in [-0.2, 0) is 20.9 Å². The lowest BCUT2D eigenvalue weighted by molar-refractivity contribution is -0.131. The Labute approximate surface area is 112 Å². The first kappa shape index (κ1) is 13.8. The smallest absolute Gasteiger partial charge is 0.328 e. The highest BCUT2D eigenvalue weighted by Crippen LogP contribution is 2.13. The van der Waals surface area contributed by atoms with Crippen molar-refractivity contribution in [1.82, 2.24) is 0 Å². The van der Waals surface area contributed by atoms with E-state index < -0.39 is 5.97 Å². The van der Waals surface area contributed by atoms with Gasteiger partial charge in [0.25, 0.3) is 0 Å². The van der Waals surface area contributed by atoms with Gasteiger partial charge in [-0.3, -0.25) is 0 Å². The average Bonchev–Trinajstić information content (AvgIpc) is 2.91. The van der Waals surface area contributed by atoms with Crippen molar-refractivity contribution in [2.45, 2.75) is 25.6 Å². The lowest BCUT2D eigenvalue weighted by Gasteiger charge is -2.10. The molecule has 4 nitrogen and oxygen atoms in total. The Morgan fingerprint density at radius 3 is 2.84 bits per heavy atom. The van der Waals surface area contributed by atoms with Crippen molar-refractivity contribution in [3.05, 3.63) is 41.5 Å². The van der Waals surface area contributed by atoms with Gasteiger partial charge in [-0.1, -0.05) is 24.3 Å². The summed E-state index contributed by atoms with van der Waals surface area (Å²) < 4.78 is 11.1. The lowest BCUT2D eigenvalue weighted by Crippen LogP contribution is -2.13. The SMILES string of the molecule is O=C(O)C=Cc1ccc(COCC2CCCO2)cc1. The van der Waals surface area contributed by atoms with Gasteiger partial charge in [0, 0.05) is 12.7 Å². The van der Waals surface area contributed by atoms with Crippen molar-refractivity contribution in [2.75, 3.05) is 13.2 Å². The average molecular weight is 262 g/mol. The van der Waals surface area contributed by atoms with Gasteiger partial charge >= 0.3 is 5.97 Å². The summed E-state index contributed by atoms with van der Waals surface area (Å²) in [6.07, 6.45) is 5.15. The minimum absolute atomic E-state index is 0.248. The fourth-order valence-corrected chi connectivity index (χ4v) is 1.98. The van der Waals surface area contributed by atoms with Crippen LogP contribution >= 0.6 is 0 Å². The minimum Gasteiger partial charge on any atom is -0.478 e. The first-order chi connectivity index (χ1) is 9.24. The fourth-order valence-electron chi connectivity index (χ4n) is 1.98. The van der Waals surface area contributed by atoms with Crippen LogP contribution < -0.4 is 0 Å². The molecule has 0 aromatic heterocycles. The van der Waals surface area contributed by atoms with Gasteiger partial charge in [-0.2, -0.15) is 0 Å². The van der Waals surface area contributed by atoms with Crippen molar-refractivity contribution in [1.29, 1.82) is 0 Å². The zero-order valence-corrected chi connectivity index (χ0v) is 10.7. The second-order valence-corrected chi connectivity index (χ2v) is 4.56. The second kappa shape index (κ2) is 7.07. The second-order valence-electron chi connectivity index (χ2n) is 4.56. The zero-order chi connectivity index (χ0) is 13.5. The molecule has 4 heteroatoms. The Bertz CT molecular complexity index is 430. The van der Waals surface area contributed by atoms with Gasteiger partial charge < -0.3 is 14.6 Å². The Kier molecular flexibility index (Phi) is 5.12. The Morgan fingerprint density at radius 1 is 1.42 bits per heavy atom. The molecule has 19 heavy (non-hydrogen) atoms. The molecule has 1 unspecified atom stereocenters. The van der Waals surface area contributed by atoms with E-state index in [4.69, 9.17) is 14.6 Å². The number of carbonyl (C=O) groups is 1. The van der Waals surface area contributed by atoms with Gasteiger partial charge in [-0.15, -0.1) is 0 Å². The Morgan fingerprint density at radius 2 is 2.21 bits per heavy atom. The van der Waals surface area contributed by atoms with E-state index in [9.17, 15) is 4.79 Å². The van der Waals surface area contributed by atoms with Crippen molar-refractivity contribution < 1.29 is 19.4 Å². The Balaban J connectivity index is 1.76. The molecular weight excluding hydrogens is 244 g/mol. The largest absolute Gasteiger partial charge is 0.478 e. The third-order valence-electron chi connectivity index (χ3n) is 2.99. The molecule has 0 spiro atoms. The predicted molar refractivity (Wildman–Crippen MR) is 71.7 cm³/mol. The van der Waals surface area contributed by atoms with E-state index in [2.05, 4.69) is 0 Å². The number of rotatable bonds is 6. The summed E-state index contributed by atoms with van der Waals surface area (Å²) in [5, 5.41) is 8.53. The number of benzene rings is 1. The van der Waals surface area contributed by atoms with E-state index in [1.807, 2.05) is 24.3 Å². The summed E-state index contributed by atoms with van der Waals surface area (Å²) in [4.78, 5) is 10.4. The summed E-state index contributed by atoms with van der Waals surface area (Å²) in [5.41, 5.74) is 1.94. The van der Waals surface area contributed by atoms with Crippen LogP contribution in [-0.4, -0.2) is 30.4 Å². The molecule has 1 heterocycles. The van der Waals surface area contributed by atoms with E-state index in [-0.39, 0.29) is 6.10 Å². The molecule has 2 rings (SSSR count). The van der Waals surface area contributed by atoms with Crippen molar-refractivity contribution in [2.24, 2.45) is 0 Å². The molecule has 0 aliphatic carbocycles. The fraction of sp³-hybridized carbons (Fsp3) is 0.400. The quantitative estimate of drug-likeness (QED) is 0.800. The van der Waals surface area contributed by atoms with E-state index in [1.54, 1.807) is 6.08 Å². The summed E-state index contributed by atoms with van der Waals surface area (Å²) in [5.74, 6) is -0.941. The number of hydrogen-bond donors (Lipinski definition) is 1. The van der Waals surface area contributed by atoms with E-state index in [0.29, 0.717) is 13.2 Å². The summed E-state index contributed by atoms with van der Waals surface area (Å²) in [6.45, 7) is 2.04. The molecule has 1 aliphatic heterocycles. The molecule has 1 aromatic rings. The van der Waals surface area contributed by atoms with Crippen LogP contribution in [0.4, 0.5) is 0 Å². The van der Waals surface area contributed by atoms with Crippen molar-refractivity contribution in [3.63, 3.8) is 0 Å². The van der Waals surface area contributed by atoms with Crippen molar-refractivity contribution in [3.8, 4) is 0 Å². The number of ether oxygens (including phenoxy) is 2. The molecular formula is C15H18O4. The highest BCUT2D eigenvalue weighted by atomic mass is 16.5. The van der Waals surface area contributed by atoms with Gasteiger partial charge in [0.15, 0.2) is 0 Å². The maximum atomic E-state index is 10.4. The first-order valence-electron chi connectivity index (χ1n) is 6.43. The monoisotopic (exact) mass is 262 g/mol. The molecule has 1 N–H and O–H groups in total. The third kappa shape index (κ3) is 4.85. The molecule has 0 amide bonds. The number of aliphatic carboxylic acids is 1. The van der Waals surface area contributed by atoms with E-state index in [1.165, 1.54) is 0 Å². The van der Waals surface area contributed by atoms with Crippen LogP contribution in [0.2, 0.25) is 0 Å². The molecule has 1 aliphatic rings. The number of hydrogen-bond acceptors (Lipinski definition) is 3. The van der Waals surface area contributed by atoms with Gasteiger partial charge in [-0.05, 0) is 30.0 Å².